The van der Waals surface area contributed by atoms with Crippen molar-refractivity contribution in [2.45, 2.75) is 0 Å². The largest absolute Gasteiger partial charge is 0.462 e. The van der Waals surface area contributed by atoms with Crippen LogP contribution >= 0.6 is 44.2 Å². The molecule has 0 unspecified atom stereocenters. The van der Waals surface area contributed by atoms with E-state index in [1.807, 2.05) is 35.7 Å². The van der Waals surface area contributed by atoms with Gasteiger partial charge in [0, 0.05) is 15.4 Å². The van der Waals surface area contributed by atoms with Crippen LogP contribution in [0.4, 0.5) is 0 Å². The Labute approximate surface area is 128 Å². The molecule has 18 heavy (non-hydrogen) atoms. The molecule has 3 rings (SSSR count). The van der Waals surface area contributed by atoms with Crippen molar-refractivity contribution < 1.29 is 4.42 Å². The lowest BCUT2D eigenvalue weighted by molar-refractivity contribution is 0.582. The molecule has 0 spiro atoms. The van der Waals surface area contributed by atoms with Gasteiger partial charge < -0.3 is 4.42 Å². The summed E-state index contributed by atoms with van der Waals surface area (Å²) in [6, 6.07) is 11.9. The van der Waals surface area contributed by atoms with Gasteiger partial charge in [-0.1, -0.05) is 28.1 Å². The minimum atomic E-state index is 0. The maximum atomic E-state index is 5.33. The number of thiazole rings is 1. The maximum Gasteiger partial charge on any atom is 0.162 e. The van der Waals surface area contributed by atoms with Crippen LogP contribution in [0.3, 0.4) is 0 Å². The van der Waals surface area contributed by atoms with E-state index in [9.17, 15) is 0 Å². The van der Waals surface area contributed by atoms with Gasteiger partial charge in [-0.15, -0.1) is 28.3 Å². The zero-order valence-corrected chi connectivity index (χ0v) is 13.3. The molecule has 0 saturated heterocycles. The van der Waals surface area contributed by atoms with E-state index in [1.54, 1.807) is 17.6 Å². The second kappa shape index (κ2) is 5.82. The normalized spacial score (nSPS) is 10.1. The van der Waals surface area contributed by atoms with Gasteiger partial charge in [0.1, 0.15) is 0 Å². The third-order valence-electron chi connectivity index (χ3n) is 2.36. The minimum Gasteiger partial charge on any atom is -0.462 e. The lowest BCUT2D eigenvalue weighted by Gasteiger charge is -1.96. The molecule has 2 aromatic heterocycles. The first-order valence-corrected chi connectivity index (χ1v) is 6.75. The van der Waals surface area contributed by atoms with Gasteiger partial charge in [-0.05, 0) is 24.3 Å². The Balaban J connectivity index is 0.00000120. The first-order chi connectivity index (χ1) is 8.33. The van der Waals surface area contributed by atoms with Crippen molar-refractivity contribution >= 4 is 44.2 Å². The topological polar surface area (TPSA) is 26.0 Å². The molecule has 0 aliphatic rings. The fourth-order valence-electron chi connectivity index (χ4n) is 1.57. The van der Waals surface area contributed by atoms with Gasteiger partial charge in [0.15, 0.2) is 10.8 Å². The van der Waals surface area contributed by atoms with Crippen LogP contribution in [0.25, 0.3) is 22.0 Å². The Kier molecular flexibility index (Phi) is 4.37. The Bertz CT molecular complexity index is 634. The summed E-state index contributed by atoms with van der Waals surface area (Å²) < 4.78 is 6.39. The van der Waals surface area contributed by atoms with E-state index in [2.05, 4.69) is 27.0 Å². The van der Waals surface area contributed by atoms with Crippen LogP contribution in [-0.4, -0.2) is 4.98 Å². The van der Waals surface area contributed by atoms with Crippen LogP contribution in [0.1, 0.15) is 0 Å². The summed E-state index contributed by atoms with van der Waals surface area (Å²) in [4.78, 5) is 4.57. The minimum absolute atomic E-state index is 0. The van der Waals surface area contributed by atoms with E-state index in [-0.39, 0.29) is 17.0 Å². The van der Waals surface area contributed by atoms with Gasteiger partial charge in [-0.3, -0.25) is 0 Å². The number of furan rings is 1. The van der Waals surface area contributed by atoms with Crippen LogP contribution in [0.2, 0.25) is 0 Å². The van der Waals surface area contributed by atoms with Crippen LogP contribution in [0.5, 0.6) is 0 Å². The van der Waals surface area contributed by atoms with Crippen molar-refractivity contribution in [3.63, 3.8) is 0 Å². The third-order valence-corrected chi connectivity index (χ3v) is 3.71. The predicted octanol–water partition coefficient (Wildman–Crippen LogP) is 5.41. The highest BCUT2D eigenvalue weighted by Gasteiger charge is 2.08. The van der Waals surface area contributed by atoms with Crippen molar-refractivity contribution in [2.75, 3.05) is 0 Å². The Hall–Kier alpha value is -0.910. The lowest BCUT2D eigenvalue weighted by Crippen LogP contribution is -1.78. The van der Waals surface area contributed by atoms with E-state index in [1.165, 1.54) is 0 Å². The molecule has 0 radical (unpaired) electrons. The van der Waals surface area contributed by atoms with Crippen LogP contribution < -0.4 is 0 Å². The summed E-state index contributed by atoms with van der Waals surface area (Å²) in [6.45, 7) is 0. The quantitative estimate of drug-likeness (QED) is 0.588. The summed E-state index contributed by atoms with van der Waals surface area (Å²) in [5.41, 5.74) is 2.08. The van der Waals surface area contributed by atoms with Gasteiger partial charge in [-0.25, -0.2) is 4.98 Å². The Morgan fingerprint density at radius 2 is 2.06 bits per heavy atom. The molecular formula is C13H9Br2NOS. The number of benzene rings is 1. The van der Waals surface area contributed by atoms with Crippen molar-refractivity contribution in [1.82, 2.24) is 4.98 Å². The van der Waals surface area contributed by atoms with Gasteiger partial charge in [0.25, 0.3) is 0 Å². The standard InChI is InChI=1S/C13H8BrNOS.BrH/c14-10-4-1-3-9(7-10)11-8-17-13(15-11)12-5-2-6-16-12;/h1-8H;1H. The summed E-state index contributed by atoms with van der Waals surface area (Å²) in [5.74, 6) is 0.816. The SMILES string of the molecule is Br.Brc1cccc(-c2csc(-c3ccco3)n2)c1. The smallest absolute Gasteiger partial charge is 0.162 e. The number of rotatable bonds is 2. The summed E-state index contributed by atoms with van der Waals surface area (Å²) in [5, 5.41) is 2.95. The number of aromatic nitrogens is 1. The molecule has 0 atom stereocenters. The van der Waals surface area contributed by atoms with E-state index >= 15 is 0 Å². The molecule has 0 aliphatic carbocycles. The van der Waals surface area contributed by atoms with Crippen LogP contribution in [-0.2, 0) is 0 Å². The zero-order valence-electron chi connectivity index (χ0n) is 9.17. The maximum absolute atomic E-state index is 5.33. The highest BCUT2D eigenvalue weighted by atomic mass is 79.9. The Morgan fingerprint density at radius 3 is 2.78 bits per heavy atom. The second-order valence-electron chi connectivity index (χ2n) is 3.53. The second-order valence-corrected chi connectivity index (χ2v) is 5.30. The molecule has 0 amide bonds. The average molecular weight is 387 g/mol. The van der Waals surface area contributed by atoms with Gasteiger partial charge in [-0.2, -0.15) is 0 Å². The average Bonchev–Trinajstić information content (AvgIpc) is 3.00. The molecular weight excluding hydrogens is 378 g/mol. The fourth-order valence-corrected chi connectivity index (χ4v) is 2.76. The number of nitrogens with zero attached hydrogens (tertiary/aromatic N) is 1. The van der Waals surface area contributed by atoms with Gasteiger partial charge in [0.2, 0.25) is 0 Å². The molecule has 0 bridgehead atoms. The third kappa shape index (κ3) is 2.74. The summed E-state index contributed by atoms with van der Waals surface area (Å²) in [6.07, 6.45) is 1.66. The highest BCUT2D eigenvalue weighted by molar-refractivity contribution is 9.10. The first-order valence-electron chi connectivity index (χ1n) is 5.08. The van der Waals surface area contributed by atoms with Crippen LogP contribution in [0.15, 0.2) is 56.9 Å². The van der Waals surface area contributed by atoms with Gasteiger partial charge >= 0.3 is 0 Å². The number of hydrogen-bond acceptors (Lipinski definition) is 3. The fraction of sp³-hybridized carbons (Fsp3) is 0. The van der Waals surface area contributed by atoms with E-state index in [4.69, 9.17) is 4.42 Å². The molecule has 2 heterocycles. The summed E-state index contributed by atoms with van der Waals surface area (Å²) >= 11 is 5.05. The Morgan fingerprint density at radius 1 is 1.17 bits per heavy atom. The molecule has 2 nitrogen and oxygen atoms in total. The number of hydrogen-bond donors (Lipinski definition) is 0. The first kappa shape index (κ1) is 13.5. The van der Waals surface area contributed by atoms with E-state index < -0.39 is 0 Å². The monoisotopic (exact) mass is 385 g/mol. The number of halogens is 2. The van der Waals surface area contributed by atoms with E-state index in [0.29, 0.717) is 0 Å². The zero-order chi connectivity index (χ0) is 11.7. The lowest BCUT2D eigenvalue weighted by atomic mass is 10.2. The van der Waals surface area contributed by atoms with E-state index in [0.717, 1.165) is 26.5 Å². The molecule has 0 fully saturated rings. The van der Waals surface area contributed by atoms with Crippen molar-refractivity contribution in [2.24, 2.45) is 0 Å². The summed E-state index contributed by atoms with van der Waals surface area (Å²) in [7, 11) is 0. The van der Waals surface area contributed by atoms with Crippen LogP contribution in [0, 0.1) is 0 Å². The molecule has 0 aliphatic heterocycles. The van der Waals surface area contributed by atoms with Crippen molar-refractivity contribution in [3.05, 3.63) is 52.5 Å². The van der Waals surface area contributed by atoms with Crippen molar-refractivity contribution in [1.29, 1.82) is 0 Å². The van der Waals surface area contributed by atoms with Gasteiger partial charge in [0.05, 0.1) is 12.0 Å². The molecule has 5 heteroatoms. The molecule has 3 aromatic rings. The molecule has 0 saturated carbocycles. The molecule has 1 aromatic carbocycles. The predicted molar refractivity (Wildman–Crippen MR) is 83.3 cm³/mol. The molecule has 0 N–H and O–H groups in total. The molecule has 92 valence electrons. The highest BCUT2D eigenvalue weighted by Crippen LogP contribution is 2.29. The van der Waals surface area contributed by atoms with Crippen molar-refractivity contribution in [3.8, 4) is 22.0 Å².